The summed E-state index contributed by atoms with van der Waals surface area (Å²) in [6, 6.07) is 5.02. The van der Waals surface area contributed by atoms with Gasteiger partial charge in [-0.15, -0.1) is 0 Å². The summed E-state index contributed by atoms with van der Waals surface area (Å²) in [6.45, 7) is 0. The average molecular weight is 348 g/mol. The molecule has 104 valence electrons. The summed E-state index contributed by atoms with van der Waals surface area (Å²) in [6.07, 6.45) is 0. The number of nitrogens with one attached hydrogen (secondary N) is 1. The Hall–Kier alpha value is -1.89. The number of hydrogen-bond acceptors (Lipinski definition) is 1. The molecule has 0 saturated heterocycles. The number of halogens is 5. The second-order valence-electron chi connectivity index (χ2n) is 3.81. The average Bonchev–Trinajstić information content (AvgIpc) is 2.39. The highest BCUT2D eigenvalue weighted by Crippen LogP contribution is 2.23. The Labute approximate surface area is 119 Å². The largest absolute Gasteiger partial charge is 0.322 e. The Morgan fingerprint density at radius 2 is 1.60 bits per heavy atom. The number of benzene rings is 2. The monoisotopic (exact) mass is 347 g/mol. The van der Waals surface area contributed by atoms with Crippen LogP contribution in [0.1, 0.15) is 10.4 Å². The van der Waals surface area contributed by atoms with Gasteiger partial charge in [0, 0.05) is 17.8 Å². The van der Waals surface area contributed by atoms with E-state index < -0.39 is 29.2 Å². The molecular weight excluding hydrogens is 342 g/mol. The summed E-state index contributed by atoms with van der Waals surface area (Å²) >= 11 is 2.89. The van der Waals surface area contributed by atoms with Gasteiger partial charge in [0.2, 0.25) is 0 Å². The molecule has 2 nitrogen and oxygen atoms in total. The van der Waals surface area contributed by atoms with Crippen molar-refractivity contribution >= 4 is 27.5 Å². The molecule has 0 radical (unpaired) electrons. The van der Waals surface area contributed by atoms with E-state index in [1.165, 1.54) is 12.1 Å². The fraction of sp³-hybridized carbons (Fsp3) is 0. The Morgan fingerprint density at radius 1 is 1.00 bits per heavy atom. The minimum atomic E-state index is -1.63. The summed E-state index contributed by atoms with van der Waals surface area (Å²) in [4.78, 5) is 11.8. The third-order valence-corrected chi connectivity index (χ3v) is 3.24. The Bertz CT molecular complexity index is 667. The molecule has 0 saturated carbocycles. The SMILES string of the molecule is O=C(Nc1cc(F)c(F)c(F)c1)c1cccc(F)c1Br. The van der Waals surface area contributed by atoms with Gasteiger partial charge in [-0.25, -0.2) is 17.6 Å². The molecule has 0 aliphatic heterocycles. The van der Waals surface area contributed by atoms with E-state index in [4.69, 9.17) is 0 Å². The minimum Gasteiger partial charge on any atom is -0.322 e. The van der Waals surface area contributed by atoms with E-state index in [-0.39, 0.29) is 15.7 Å². The Morgan fingerprint density at radius 3 is 2.20 bits per heavy atom. The van der Waals surface area contributed by atoms with E-state index in [0.29, 0.717) is 12.1 Å². The first-order valence-electron chi connectivity index (χ1n) is 5.30. The Balaban J connectivity index is 2.30. The van der Waals surface area contributed by atoms with E-state index in [1.54, 1.807) is 0 Å². The molecule has 0 atom stereocenters. The topological polar surface area (TPSA) is 29.1 Å². The molecule has 0 unspecified atom stereocenters. The molecule has 0 aliphatic rings. The van der Waals surface area contributed by atoms with E-state index in [2.05, 4.69) is 21.2 Å². The maximum Gasteiger partial charge on any atom is 0.256 e. The van der Waals surface area contributed by atoms with Gasteiger partial charge >= 0.3 is 0 Å². The van der Waals surface area contributed by atoms with Crippen molar-refractivity contribution < 1.29 is 22.4 Å². The fourth-order valence-corrected chi connectivity index (χ4v) is 1.95. The number of carbonyl (C=O) groups excluding carboxylic acids is 1. The van der Waals surface area contributed by atoms with Crippen LogP contribution in [0.2, 0.25) is 0 Å². The lowest BCUT2D eigenvalue weighted by Gasteiger charge is -2.08. The zero-order valence-corrected chi connectivity index (χ0v) is 11.3. The van der Waals surface area contributed by atoms with E-state index >= 15 is 0 Å². The van der Waals surface area contributed by atoms with Crippen LogP contribution in [0.3, 0.4) is 0 Å². The van der Waals surface area contributed by atoms with Gasteiger partial charge in [-0.05, 0) is 28.1 Å². The maximum atomic E-state index is 13.3. The predicted molar refractivity (Wildman–Crippen MR) is 68.4 cm³/mol. The quantitative estimate of drug-likeness (QED) is 0.638. The maximum absolute atomic E-state index is 13.3. The van der Waals surface area contributed by atoms with Crippen molar-refractivity contribution in [2.75, 3.05) is 5.32 Å². The lowest BCUT2D eigenvalue weighted by molar-refractivity contribution is 0.102. The van der Waals surface area contributed by atoms with Gasteiger partial charge in [-0.3, -0.25) is 4.79 Å². The van der Waals surface area contributed by atoms with Crippen LogP contribution in [0.5, 0.6) is 0 Å². The van der Waals surface area contributed by atoms with E-state index in [1.807, 2.05) is 0 Å². The molecule has 0 spiro atoms. The van der Waals surface area contributed by atoms with Crippen LogP contribution in [-0.4, -0.2) is 5.91 Å². The van der Waals surface area contributed by atoms with Gasteiger partial charge in [0.25, 0.3) is 5.91 Å². The molecule has 1 N–H and O–H groups in total. The first-order valence-corrected chi connectivity index (χ1v) is 6.09. The number of hydrogen-bond donors (Lipinski definition) is 1. The number of amides is 1. The first-order chi connectivity index (χ1) is 9.40. The van der Waals surface area contributed by atoms with Crippen LogP contribution < -0.4 is 5.32 Å². The van der Waals surface area contributed by atoms with Gasteiger partial charge in [0.1, 0.15) is 5.82 Å². The molecule has 2 rings (SSSR count). The molecule has 0 heterocycles. The number of carbonyl (C=O) groups is 1. The first kappa shape index (κ1) is 14.5. The molecule has 0 aromatic heterocycles. The zero-order chi connectivity index (χ0) is 14.9. The molecule has 1 amide bonds. The Kier molecular flexibility index (Phi) is 4.08. The second-order valence-corrected chi connectivity index (χ2v) is 4.60. The molecule has 0 aliphatic carbocycles. The van der Waals surface area contributed by atoms with Crippen molar-refractivity contribution in [1.29, 1.82) is 0 Å². The molecule has 2 aromatic carbocycles. The summed E-state index contributed by atoms with van der Waals surface area (Å²) in [7, 11) is 0. The normalized spacial score (nSPS) is 10.4. The highest BCUT2D eigenvalue weighted by Gasteiger charge is 2.16. The lowest BCUT2D eigenvalue weighted by atomic mass is 10.2. The lowest BCUT2D eigenvalue weighted by Crippen LogP contribution is -2.13. The number of rotatable bonds is 2. The highest BCUT2D eigenvalue weighted by atomic mass is 79.9. The molecule has 20 heavy (non-hydrogen) atoms. The van der Waals surface area contributed by atoms with E-state index in [0.717, 1.165) is 6.07 Å². The summed E-state index contributed by atoms with van der Waals surface area (Å²) in [5.41, 5.74) is -0.335. The molecule has 2 aromatic rings. The van der Waals surface area contributed by atoms with Gasteiger partial charge in [-0.1, -0.05) is 6.07 Å². The molecule has 0 bridgehead atoms. The summed E-state index contributed by atoms with van der Waals surface area (Å²) < 4.78 is 52.0. The summed E-state index contributed by atoms with van der Waals surface area (Å²) in [5.74, 6) is -5.94. The van der Waals surface area contributed by atoms with Crippen molar-refractivity contribution in [3.05, 3.63) is 63.6 Å². The van der Waals surface area contributed by atoms with Crippen molar-refractivity contribution in [2.45, 2.75) is 0 Å². The van der Waals surface area contributed by atoms with Crippen molar-refractivity contribution in [2.24, 2.45) is 0 Å². The van der Waals surface area contributed by atoms with Gasteiger partial charge in [0.05, 0.1) is 10.0 Å². The standard InChI is InChI=1S/C13H6BrF4NO/c14-11-7(2-1-3-8(11)15)13(20)19-6-4-9(16)12(18)10(17)5-6/h1-5H,(H,19,20). The zero-order valence-electron chi connectivity index (χ0n) is 9.68. The van der Waals surface area contributed by atoms with Crippen LogP contribution in [-0.2, 0) is 0 Å². The van der Waals surface area contributed by atoms with Crippen LogP contribution in [0.25, 0.3) is 0 Å². The molecule has 7 heteroatoms. The van der Waals surface area contributed by atoms with Gasteiger partial charge in [-0.2, -0.15) is 0 Å². The van der Waals surface area contributed by atoms with E-state index in [9.17, 15) is 22.4 Å². The van der Waals surface area contributed by atoms with Crippen LogP contribution >= 0.6 is 15.9 Å². The molecular formula is C13H6BrF4NO. The predicted octanol–water partition coefficient (Wildman–Crippen LogP) is 4.26. The van der Waals surface area contributed by atoms with Crippen LogP contribution in [0, 0.1) is 23.3 Å². The van der Waals surface area contributed by atoms with Crippen LogP contribution in [0.4, 0.5) is 23.2 Å². The van der Waals surface area contributed by atoms with Gasteiger partial charge in [0.15, 0.2) is 17.5 Å². The smallest absolute Gasteiger partial charge is 0.256 e. The van der Waals surface area contributed by atoms with Crippen molar-refractivity contribution in [3.63, 3.8) is 0 Å². The van der Waals surface area contributed by atoms with Crippen molar-refractivity contribution in [3.8, 4) is 0 Å². The third-order valence-electron chi connectivity index (χ3n) is 2.44. The minimum absolute atomic E-state index is 0.0601. The molecule has 0 fully saturated rings. The summed E-state index contributed by atoms with van der Waals surface area (Å²) in [5, 5.41) is 2.15. The van der Waals surface area contributed by atoms with Crippen LogP contribution in [0.15, 0.2) is 34.8 Å². The third kappa shape index (κ3) is 2.82. The number of anilines is 1. The van der Waals surface area contributed by atoms with Gasteiger partial charge < -0.3 is 5.32 Å². The highest BCUT2D eigenvalue weighted by molar-refractivity contribution is 9.10. The fourth-order valence-electron chi connectivity index (χ4n) is 1.51. The second kappa shape index (κ2) is 5.62. The van der Waals surface area contributed by atoms with Crippen molar-refractivity contribution in [1.82, 2.24) is 0 Å².